The van der Waals surface area contributed by atoms with Crippen LogP contribution >= 0.6 is 22.6 Å². The molecule has 0 spiro atoms. The van der Waals surface area contributed by atoms with Gasteiger partial charge in [-0.25, -0.2) is 9.37 Å². The Morgan fingerprint density at radius 1 is 1.38 bits per heavy atom. The highest BCUT2D eigenvalue weighted by Crippen LogP contribution is 2.15. The summed E-state index contributed by atoms with van der Waals surface area (Å²) in [5.41, 5.74) is 1.08. The van der Waals surface area contributed by atoms with Gasteiger partial charge in [-0.2, -0.15) is 0 Å². The number of carbonyl (C=O) groups is 1. The Balaban J connectivity index is 1.59. The number of amides is 1. The van der Waals surface area contributed by atoms with Gasteiger partial charge < -0.3 is 14.3 Å². The fourth-order valence-electron chi connectivity index (χ4n) is 2.10. The minimum absolute atomic E-state index is 0.236. The lowest BCUT2D eigenvalue weighted by atomic mass is 10.2. The third kappa shape index (κ3) is 4.10. The van der Waals surface area contributed by atoms with Crippen molar-refractivity contribution in [3.8, 4) is 5.69 Å². The molecule has 1 N–H and O–H groups in total. The van der Waals surface area contributed by atoms with Crippen molar-refractivity contribution in [2.24, 2.45) is 0 Å². The molecule has 1 aromatic carbocycles. The smallest absolute Gasteiger partial charge is 0.244 e. The van der Waals surface area contributed by atoms with Crippen molar-refractivity contribution >= 4 is 34.6 Å². The van der Waals surface area contributed by atoms with E-state index in [0.717, 1.165) is 3.77 Å². The molecule has 0 saturated carbocycles. The summed E-state index contributed by atoms with van der Waals surface area (Å²) in [6.07, 6.45) is 7.74. The number of imidazole rings is 1. The Morgan fingerprint density at radius 3 is 2.92 bits per heavy atom. The number of furan rings is 1. The van der Waals surface area contributed by atoms with Gasteiger partial charge in [0.1, 0.15) is 11.6 Å². The molecule has 0 saturated heterocycles. The quantitative estimate of drug-likeness (QED) is 0.491. The highest BCUT2D eigenvalue weighted by molar-refractivity contribution is 14.1. The molecule has 7 heteroatoms. The topological polar surface area (TPSA) is 60.1 Å². The second-order valence-corrected chi connectivity index (χ2v) is 6.01. The molecule has 0 fully saturated rings. The van der Waals surface area contributed by atoms with Gasteiger partial charge in [-0.1, -0.05) is 6.07 Å². The van der Waals surface area contributed by atoms with Crippen molar-refractivity contribution in [3.63, 3.8) is 0 Å². The lowest BCUT2D eigenvalue weighted by molar-refractivity contribution is -0.116. The van der Waals surface area contributed by atoms with Crippen LogP contribution in [0.15, 0.2) is 59.5 Å². The van der Waals surface area contributed by atoms with Crippen molar-refractivity contribution in [1.29, 1.82) is 0 Å². The second-order valence-electron chi connectivity index (χ2n) is 4.95. The number of rotatable bonds is 5. The average Bonchev–Trinajstić information content (AvgIpc) is 3.23. The normalized spacial score (nSPS) is 11.1. The van der Waals surface area contributed by atoms with Crippen LogP contribution in [0.3, 0.4) is 0 Å². The number of nitrogens with one attached hydrogen (secondary N) is 1. The monoisotopic (exact) mass is 437 g/mol. The number of benzene rings is 1. The van der Waals surface area contributed by atoms with Crippen LogP contribution in [0.25, 0.3) is 11.8 Å². The number of hydrogen-bond donors (Lipinski definition) is 1. The number of hydrogen-bond acceptors (Lipinski definition) is 3. The maximum atomic E-state index is 14.1. The van der Waals surface area contributed by atoms with Gasteiger partial charge in [0.25, 0.3) is 0 Å². The van der Waals surface area contributed by atoms with E-state index in [2.05, 4.69) is 10.3 Å². The first-order valence-corrected chi connectivity index (χ1v) is 8.18. The van der Waals surface area contributed by atoms with Gasteiger partial charge in [-0.15, -0.1) is 0 Å². The van der Waals surface area contributed by atoms with Crippen LogP contribution in [-0.2, 0) is 11.3 Å². The van der Waals surface area contributed by atoms with Crippen LogP contribution in [0.5, 0.6) is 0 Å². The summed E-state index contributed by atoms with van der Waals surface area (Å²) in [7, 11) is 0. The highest BCUT2D eigenvalue weighted by Gasteiger charge is 2.06. The molecule has 0 atom stereocenters. The zero-order valence-corrected chi connectivity index (χ0v) is 14.6. The van der Waals surface area contributed by atoms with E-state index in [-0.39, 0.29) is 18.3 Å². The van der Waals surface area contributed by atoms with Crippen LogP contribution in [0, 0.1) is 9.58 Å². The maximum absolute atomic E-state index is 14.1. The van der Waals surface area contributed by atoms with Crippen molar-refractivity contribution < 1.29 is 13.6 Å². The van der Waals surface area contributed by atoms with Crippen molar-refractivity contribution in [3.05, 3.63) is 76.0 Å². The van der Waals surface area contributed by atoms with E-state index >= 15 is 0 Å². The summed E-state index contributed by atoms with van der Waals surface area (Å²) in [6, 6.07) is 8.39. The van der Waals surface area contributed by atoms with Crippen molar-refractivity contribution in [1.82, 2.24) is 14.9 Å². The first kappa shape index (κ1) is 16.4. The molecule has 0 aliphatic rings. The Labute approximate surface area is 151 Å². The minimum Gasteiger partial charge on any atom is -0.451 e. The van der Waals surface area contributed by atoms with Gasteiger partial charge >= 0.3 is 0 Å². The predicted octanol–water partition coefficient (Wildman–Crippen LogP) is 3.54. The molecular weight excluding hydrogens is 424 g/mol. The molecule has 5 nitrogen and oxygen atoms in total. The summed E-state index contributed by atoms with van der Waals surface area (Å²) in [4.78, 5) is 15.7. The lowest BCUT2D eigenvalue weighted by Crippen LogP contribution is -2.20. The molecule has 2 heterocycles. The average molecular weight is 437 g/mol. The predicted molar refractivity (Wildman–Crippen MR) is 95.8 cm³/mol. The summed E-state index contributed by atoms with van der Waals surface area (Å²) in [6.45, 7) is 0.236. The van der Waals surface area contributed by atoms with Gasteiger partial charge in [0.2, 0.25) is 5.91 Å². The molecule has 2 aromatic heterocycles. The van der Waals surface area contributed by atoms with Gasteiger partial charge in [0, 0.05) is 25.0 Å². The standard InChI is InChI=1S/C17H13FIN3O2/c18-14-9-12(1-4-15(14)22-8-7-20-11-22)10-21-17(23)6-3-13-2-5-16(19)24-13/h1-9,11H,10H2,(H,21,23). The zero-order valence-electron chi connectivity index (χ0n) is 12.4. The fourth-order valence-corrected chi connectivity index (χ4v) is 2.53. The number of carbonyl (C=O) groups excluding carboxylic acids is 1. The Kier molecular flexibility index (Phi) is 5.09. The molecule has 0 aliphatic carbocycles. The minimum atomic E-state index is -0.375. The Hall–Kier alpha value is -2.42. The Morgan fingerprint density at radius 2 is 2.25 bits per heavy atom. The SMILES string of the molecule is O=C(C=Cc1ccc(I)o1)NCc1ccc(-n2ccnc2)c(F)c1. The van der Waals surface area contributed by atoms with E-state index in [1.807, 2.05) is 28.7 Å². The van der Waals surface area contributed by atoms with E-state index in [4.69, 9.17) is 4.42 Å². The summed E-state index contributed by atoms with van der Waals surface area (Å²) in [5, 5.41) is 2.70. The first-order chi connectivity index (χ1) is 11.6. The molecule has 3 rings (SSSR count). The van der Waals surface area contributed by atoms with Crippen LogP contribution in [0.2, 0.25) is 0 Å². The van der Waals surface area contributed by atoms with Crippen LogP contribution in [0.4, 0.5) is 4.39 Å². The largest absolute Gasteiger partial charge is 0.451 e. The van der Waals surface area contributed by atoms with Crippen molar-refractivity contribution in [2.75, 3.05) is 0 Å². The highest BCUT2D eigenvalue weighted by atomic mass is 127. The van der Waals surface area contributed by atoms with E-state index < -0.39 is 0 Å². The molecule has 0 unspecified atom stereocenters. The van der Waals surface area contributed by atoms with Crippen molar-refractivity contribution in [2.45, 2.75) is 6.54 Å². The van der Waals surface area contributed by atoms with E-state index in [9.17, 15) is 9.18 Å². The van der Waals surface area contributed by atoms with Crippen LogP contribution < -0.4 is 5.32 Å². The number of halogens is 2. The fraction of sp³-hybridized carbons (Fsp3) is 0.0588. The zero-order chi connectivity index (χ0) is 16.9. The Bertz CT molecular complexity index is 872. The van der Waals surface area contributed by atoms with Crippen LogP contribution in [0.1, 0.15) is 11.3 Å². The lowest BCUT2D eigenvalue weighted by Gasteiger charge is -2.07. The van der Waals surface area contributed by atoms with Crippen LogP contribution in [-0.4, -0.2) is 15.5 Å². The van der Waals surface area contributed by atoms with Gasteiger partial charge in [0.05, 0.1) is 12.0 Å². The van der Waals surface area contributed by atoms with Gasteiger partial charge in [0.15, 0.2) is 3.77 Å². The molecule has 0 radical (unpaired) electrons. The molecular formula is C17H13FIN3O2. The molecule has 24 heavy (non-hydrogen) atoms. The molecule has 0 aliphatic heterocycles. The van der Waals surface area contributed by atoms with Gasteiger partial charge in [-0.05, 0) is 58.5 Å². The molecule has 122 valence electrons. The second kappa shape index (κ2) is 7.43. The summed E-state index contributed by atoms with van der Waals surface area (Å²) in [5.74, 6) is -0.0498. The summed E-state index contributed by atoms with van der Waals surface area (Å²) >= 11 is 2.05. The third-order valence-corrected chi connectivity index (χ3v) is 3.83. The number of aromatic nitrogens is 2. The number of nitrogens with zero attached hydrogens (tertiary/aromatic N) is 2. The first-order valence-electron chi connectivity index (χ1n) is 7.10. The van der Waals surface area contributed by atoms with E-state index in [0.29, 0.717) is 17.0 Å². The maximum Gasteiger partial charge on any atom is 0.244 e. The summed E-state index contributed by atoms with van der Waals surface area (Å²) < 4.78 is 21.8. The van der Waals surface area contributed by atoms with E-state index in [1.165, 1.54) is 18.5 Å². The van der Waals surface area contributed by atoms with Gasteiger partial charge in [-0.3, -0.25) is 4.79 Å². The molecule has 3 aromatic rings. The van der Waals surface area contributed by atoms with E-state index in [1.54, 1.807) is 41.2 Å². The molecule has 1 amide bonds. The molecule has 0 bridgehead atoms. The third-order valence-electron chi connectivity index (χ3n) is 3.25.